The first kappa shape index (κ1) is 14.4. The van der Waals surface area contributed by atoms with E-state index in [0.717, 1.165) is 5.56 Å². The van der Waals surface area contributed by atoms with E-state index in [1.54, 1.807) is 18.2 Å². The van der Waals surface area contributed by atoms with Gasteiger partial charge in [-0.25, -0.2) is 0 Å². The summed E-state index contributed by atoms with van der Waals surface area (Å²) in [6.07, 6.45) is -0.658. The highest BCUT2D eigenvalue weighted by atomic mass is 16.6. The molecule has 2 aromatic rings. The molecule has 0 aromatic heterocycles. The van der Waals surface area contributed by atoms with E-state index in [0.29, 0.717) is 30.4 Å². The van der Waals surface area contributed by atoms with Gasteiger partial charge in [-0.2, -0.15) is 0 Å². The van der Waals surface area contributed by atoms with E-state index >= 15 is 0 Å². The van der Waals surface area contributed by atoms with Crippen molar-refractivity contribution >= 4 is 11.6 Å². The first-order valence-corrected chi connectivity index (χ1v) is 7.06. The molecule has 0 radical (unpaired) electrons. The van der Waals surface area contributed by atoms with Gasteiger partial charge in [0, 0.05) is 18.9 Å². The topological polar surface area (TPSA) is 56.8 Å². The Hall–Kier alpha value is -2.53. The smallest absolute Gasteiger partial charge is 0.258 e. The van der Waals surface area contributed by atoms with Gasteiger partial charge in [0.05, 0.1) is 0 Å². The molecule has 0 saturated heterocycles. The second-order valence-electron chi connectivity index (χ2n) is 4.87. The summed E-state index contributed by atoms with van der Waals surface area (Å²) in [5.74, 6) is 1.10. The molecule has 1 aliphatic heterocycles. The van der Waals surface area contributed by atoms with E-state index in [9.17, 15) is 4.79 Å². The van der Waals surface area contributed by atoms with Crippen LogP contribution < -0.4 is 14.8 Å². The summed E-state index contributed by atoms with van der Waals surface area (Å²) in [4.78, 5) is 12.4. The molecule has 0 unspecified atom stereocenters. The lowest BCUT2D eigenvalue weighted by Crippen LogP contribution is -2.23. The van der Waals surface area contributed by atoms with Gasteiger partial charge in [-0.05, 0) is 17.7 Å². The van der Waals surface area contributed by atoms with Crippen molar-refractivity contribution in [2.45, 2.75) is 6.10 Å². The van der Waals surface area contributed by atoms with Gasteiger partial charge >= 0.3 is 0 Å². The van der Waals surface area contributed by atoms with Gasteiger partial charge in [-0.3, -0.25) is 4.79 Å². The number of hydrogen-bond acceptors (Lipinski definition) is 4. The monoisotopic (exact) mass is 299 g/mol. The zero-order chi connectivity index (χ0) is 15.4. The number of methoxy groups -OCH3 is 1. The molecule has 0 bridgehead atoms. The molecule has 0 saturated carbocycles. The predicted octanol–water partition coefficient (Wildman–Crippen LogP) is 2.78. The lowest BCUT2D eigenvalue weighted by Gasteiger charge is -2.20. The molecule has 5 nitrogen and oxygen atoms in total. The number of anilines is 1. The Morgan fingerprint density at radius 1 is 1.09 bits per heavy atom. The van der Waals surface area contributed by atoms with Crippen molar-refractivity contribution in [3.05, 3.63) is 54.1 Å². The molecule has 1 atom stereocenters. The Bertz CT molecular complexity index is 657. The minimum Gasteiger partial charge on any atom is -0.486 e. The molecule has 1 aliphatic rings. The van der Waals surface area contributed by atoms with Crippen molar-refractivity contribution in [1.29, 1.82) is 0 Å². The van der Waals surface area contributed by atoms with Gasteiger partial charge in [0.1, 0.15) is 13.2 Å². The number of carbonyl (C=O) groups is 1. The van der Waals surface area contributed by atoms with Gasteiger partial charge in [0.15, 0.2) is 17.6 Å². The molecule has 2 aromatic carbocycles. The van der Waals surface area contributed by atoms with Crippen LogP contribution in [0.3, 0.4) is 0 Å². The van der Waals surface area contributed by atoms with Crippen molar-refractivity contribution < 1.29 is 19.0 Å². The first-order chi connectivity index (χ1) is 10.8. The van der Waals surface area contributed by atoms with E-state index in [1.165, 1.54) is 7.11 Å². The van der Waals surface area contributed by atoms with Crippen LogP contribution in [-0.2, 0) is 9.53 Å². The number of rotatable bonds is 4. The van der Waals surface area contributed by atoms with E-state index in [-0.39, 0.29) is 5.91 Å². The summed E-state index contributed by atoms with van der Waals surface area (Å²) in [5.41, 5.74) is 1.45. The SMILES string of the molecule is CO[C@H](C(=O)Nc1ccc2c(c1)OCCO2)c1ccccc1. The quantitative estimate of drug-likeness (QED) is 0.943. The van der Waals surface area contributed by atoms with E-state index < -0.39 is 6.10 Å². The van der Waals surface area contributed by atoms with Gasteiger partial charge in [0.25, 0.3) is 5.91 Å². The Morgan fingerprint density at radius 2 is 1.82 bits per heavy atom. The number of carbonyl (C=O) groups excluding carboxylic acids is 1. The minimum atomic E-state index is -0.658. The fourth-order valence-corrected chi connectivity index (χ4v) is 2.35. The molecule has 22 heavy (non-hydrogen) atoms. The Morgan fingerprint density at radius 3 is 2.55 bits per heavy atom. The third kappa shape index (κ3) is 3.04. The van der Waals surface area contributed by atoms with Crippen LogP contribution in [0.5, 0.6) is 11.5 Å². The number of fused-ring (bicyclic) bond motifs is 1. The van der Waals surface area contributed by atoms with Crippen LogP contribution >= 0.6 is 0 Å². The molecule has 3 rings (SSSR count). The lowest BCUT2D eigenvalue weighted by molar-refractivity contribution is -0.126. The molecular formula is C17H17NO4. The van der Waals surface area contributed by atoms with Crippen molar-refractivity contribution in [1.82, 2.24) is 0 Å². The minimum absolute atomic E-state index is 0.231. The molecule has 0 aliphatic carbocycles. The Balaban J connectivity index is 1.76. The fraction of sp³-hybridized carbons (Fsp3) is 0.235. The van der Waals surface area contributed by atoms with Gasteiger partial charge in [-0.1, -0.05) is 30.3 Å². The van der Waals surface area contributed by atoms with Crippen molar-refractivity contribution in [3.63, 3.8) is 0 Å². The van der Waals surface area contributed by atoms with Crippen LogP contribution in [0.25, 0.3) is 0 Å². The maximum atomic E-state index is 12.4. The van der Waals surface area contributed by atoms with Crippen LogP contribution in [0.1, 0.15) is 11.7 Å². The zero-order valence-corrected chi connectivity index (χ0v) is 12.2. The number of amides is 1. The largest absolute Gasteiger partial charge is 0.486 e. The zero-order valence-electron chi connectivity index (χ0n) is 12.2. The molecule has 1 amide bonds. The highest BCUT2D eigenvalue weighted by molar-refractivity contribution is 5.95. The molecule has 1 heterocycles. The maximum absolute atomic E-state index is 12.4. The van der Waals surface area contributed by atoms with Crippen LogP contribution in [0.4, 0.5) is 5.69 Å². The van der Waals surface area contributed by atoms with E-state index in [1.807, 2.05) is 30.3 Å². The third-order valence-electron chi connectivity index (χ3n) is 3.39. The van der Waals surface area contributed by atoms with Crippen LogP contribution in [0.2, 0.25) is 0 Å². The summed E-state index contributed by atoms with van der Waals surface area (Å²) in [6.45, 7) is 1.05. The Labute approximate surface area is 128 Å². The van der Waals surface area contributed by atoms with Crippen molar-refractivity contribution in [3.8, 4) is 11.5 Å². The number of nitrogens with one attached hydrogen (secondary N) is 1. The van der Waals surface area contributed by atoms with Crippen LogP contribution in [0, 0.1) is 0 Å². The normalized spacial score (nSPS) is 14.2. The van der Waals surface area contributed by atoms with E-state index in [2.05, 4.69) is 5.32 Å². The summed E-state index contributed by atoms with van der Waals surface area (Å²) in [7, 11) is 1.51. The molecule has 114 valence electrons. The highest BCUT2D eigenvalue weighted by Crippen LogP contribution is 2.33. The molecular weight excluding hydrogens is 282 g/mol. The second kappa shape index (κ2) is 6.49. The number of benzene rings is 2. The summed E-state index contributed by atoms with van der Waals surface area (Å²) >= 11 is 0. The van der Waals surface area contributed by atoms with Gasteiger partial charge in [0.2, 0.25) is 0 Å². The van der Waals surface area contributed by atoms with Crippen LogP contribution in [0.15, 0.2) is 48.5 Å². The molecule has 5 heteroatoms. The predicted molar refractivity (Wildman–Crippen MR) is 82.3 cm³/mol. The van der Waals surface area contributed by atoms with Gasteiger partial charge < -0.3 is 19.5 Å². The summed E-state index contributed by atoms with van der Waals surface area (Å²) < 4.78 is 16.3. The summed E-state index contributed by atoms with van der Waals surface area (Å²) in [5, 5.41) is 2.84. The molecule has 0 fully saturated rings. The van der Waals surface area contributed by atoms with Crippen molar-refractivity contribution in [2.24, 2.45) is 0 Å². The molecule has 0 spiro atoms. The third-order valence-corrected chi connectivity index (χ3v) is 3.39. The van der Waals surface area contributed by atoms with Gasteiger partial charge in [-0.15, -0.1) is 0 Å². The second-order valence-corrected chi connectivity index (χ2v) is 4.87. The standard InChI is InChI=1S/C17H17NO4/c1-20-16(12-5-3-2-4-6-12)17(19)18-13-7-8-14-15(11-13)22-10-9-21-14/h2-8,11,16H,9-10H2,1H3,(H,18,19)/t16-/m0/s1. The Kier molecular flexibility index (Phi) is 4.25. The van der Waals surface area contributed by atoms with E-state index in [4.69, 9.17) is 14.2 Å². The van der Waals surface area contributed by atoms with Crippen LogP contribution in [-0.4, -0.2) is 26.2 Å². The number of ether oxygens (including phenoxy) is 3. The fourth-order valence-electron chi connectivity index (χ4n) is 2.35. The average Bonchev–Trinajstić information content (AvgIpc) is 2.56. The first-order valence-electron chi connectivity index (χ1n) is 7.06. The lowest BCUT2D eigenvalue weighted by atomic mass is 10.1. The number of hydrogen-bond donors (Lipinski definition) is 1. The highest BCUT2D eigenvalue weighted by Gasteiger charge is 2.20. The summed E-state index contributed by atoms with van der Waals surface area (Å²) in [6, 6.07) is 14.7. The maximum Gasteiger partial charge on any atom is 0.258 e. The average molecular weight is 299 g/mol. The van der Waals surface area contributed by atoms with Crippen molar-refractivity contribution in [2.75, 3.05) is 25.6 Å². The molecule has 1 N–H and O–H groups in total.